The monoisotopic (exact) mass is 236 g/mol. The summed E-state index contributed by atoms with van der Waals surface area (Å²) in [6.45, 7) is 4.46. The SMILES string of the molecule is CCCCC(CC)CC(NN)c1ncccn1. The molecule has 4 nitrogen and oxygen atoms in total. The summed E-state index contributed by atoms with van der Waals surface area (Å²) in [7, 11) is 0. The topological polar surface area (TPSA) is 63.8 Å². The molecule has 1 aromatic rings. The molecule has 0 saturated heterocycles. The average Bonchev–Trinajstić information content (AvgIpc) is 2.40. The van der Waals surface area contributed by atoms with Crippen LogP contribution in [0.25, 0.3) is 0 Å². The average molecular weight is 236 g/mol. The fraction of sp³-hybridized carbons (Fsp3) is 0.692. The van der Waals surface area contributed by atoms with Crippen molar-refractivity contribution in [2.24, 2.45) is 11.8 Å². The molecule has 0 aromatic carbocycles. The van der Waals surface area contributed by atoms with E-state index in [4.69, 9.17) is 5.84 Å². The first-order chi connectivity index (χ1) is 8.31. The van der Waals surface area contributed by atoms with Crippen molar-refractivity contribution in [3.05, 3.63) is 24.3 Å². The van der Waals surface area contributed by atoms with Crippen molar-refractivity contribution in [1.29, 1.82) is 0 Å². The van der Waals surface area contributed by atoms with E-state index in [2.05, 4.69) is 29.2 Å². The van der Waals surface area contributed by atoms with E-state index in [1.807, 2.05) is 6.07 Å². The molecule has 1 aromatic heterocycles. The molecule has 3 N–H and O–H groups in total. The molecule has 96 valence electrons. The molecule has 4 heteroatoms. The first-order valence-corrected chi connectivity index (χ1v) is 6.54. The van der Waals surface area contributed by atoms with Gasteiger partial charge in [0.25, 0.3) is 0 Å². The predicted molar refractivity (Wildman–Crippen MR) is 70.0 cm³/mol. The Kier molecular flexibility index (Phi) is 6.74. The van der Waals surface area contributed by atoms with Crippen LogP contribution in [0.1, 0.15) is 57.8 Å². The zero-order valence-electron chi connectivity index (χ0n) is 10.9. The van der Waals surface area contributed by atoms with E-state index in [0.717, 1.165) is 12.2 Å². The van der Waals surface area contributed by atoms with Gasteiger partial charge in [0, 0.05) is 12.4 Å². The predicted octanol–water partition coefficient (Wildman–Crippen LogP) is 2.59. The Balaban J connectivity index is 2.56. The normalized spacial score (nSPS) is 14.5. The minimum Gasteiger partial charge on any atom is -0.271 e. The van der Waals surface area contributed by atoms with Crippen LogP contribution in [0, 0.1) is 5.92 Å². The van der Waals surface area contributed by atoms with Gasteiger partial charge < -0.3 is 0 Å². The van der Waals surface area contributed by atoms with E-state index < -0.39 is 0 Å². The molecule has 0 aliphatic carbocycles. The largest absolute Gasteiger partial charge is 0.271 e. The van der Waals surface area contributed by atoms with Crippen LogP contribution in [-0.2, 0) is 0 Å². The molecule has 1 rings (SSSR count). The van der Waals surface area contributed by atoms with Gasteiger partial charge in [-0.2, -0.15) is 0 Å². The molecule has 0 bridgehead atoms. The van der Waals surface area contributed by atoms with Gasteiger partial charge in [-0.15, -0.1) is 0 Å². The van der Waals surface area contributed by atoms with Gasteiger partial charge in [0.2, 0.25) is 0 Å². The summed E-state index contributed by atoms with van der Waals surface area (Å²) in [5, 5.41) is 0. The number of unbranched alkanes of at least 4 members (excludes halogenated alkanes) is 1. The van der Waals surface area contributed by atoms with Crippen LogP contribution < -0.4 is 11.3 Å². The molecule has 2 unspecified atom stereocenters. The third-order valence-corrected chi connectivity index (χ3v) is 3.21. The van der Waals surface area contributed by atoms with Gasteiger partial charge >= 0.3 is 0 Å². The van der Waals surface area contributed by atoms with Gasteiger partial charge in [-0.25, -0.2) is 15.4 Å². The summed E-state index contributed by atoms with van der Waals surface area (Å²) in [5.41, 5.74) is 2.83. The molecule has 2 atom stereocenters. The van der Waals surface area contributed by atoms with Crippen molar-refractivity contribution in [2.75, 3.05) is 0 Å². The zero-order chi connectivity index (χ0) is 12.5. The third kappa shape index (κ3) is 4.79. The van der Waals surface area contributed by atoms with Crippen LogP contribution in [0.3, 0.4) is 0 Å². The number of nitrogens with zero attached hydrogens (tertiary/aromatic N) is 2. The molecule has 0 aliphatic heterocycles. The molecule has 0 fully saturated rings. The summed E-state index contributed by atoms with van der Waals surface area (Å²) in [5.74, 6) is 7.10. The van der Waals surface area contributed by atoms with Gasteiger partial charge in [0.15, 0.2) is 0 Å². The highest BCUT2D eigenvalue weighted by molar-refractivity contribution is 4.95. The number of hydrogen-bond donors (Lipinski definition) is 2. The van der Waals surface area contributed by atoms with Crippen molar-refractivity contribution in [3.8, 4) is 0 Å². The van der Waals surface area contributed by atoms with Crippen LogP contribution in [0.4, 0.5) is 0 Å². The minimum absolute atomic E-state index is 0.0676. The summed E-state index contributed by atoms with van der Waals surface area (Å²) in [6, 6.07) is 1.89. The van der Waals surface area contributed by atoms with Gasteiger partial charge in [-0.05, 0) is 18.4 Å². The van der Waals surface area contributed by atoms with Crippen molar-refractivity contribution >= 4 is 0 Å². The maximum atomic E-state index is 5.61. The van der Waals surface area contributed by atoms with E-state index in [1.54, 1.807) is 12.4 Å². The Bertz CT molecular complexity index is 289. The van der Waals surface area contributed by atoms with Crippen LogP contribution in [-0.4, -0.2) is 9.97 Å². The van der Waals surface area contributed by atoms with Gasteiger partial charge in [0.05, 0.1) is 6.04 Å². The summed E-state index contributed by atoms with van der Waals surface area (Å²) in [4.78, 5) is 8.53. The highest BCUT2D eigenvalue weighted by Gasteiger charge is 2.17. The number of hydrogen-bond acceptors (Lipinski definition) is 4. The molecule has 0 amide bonds. The molecule has 0 saturated carbocycles. The smallest absolute Gasteiger partial charge is 0.146 e. The van der Waals surface area contributed by atoms with Crippen LogP contribution >= 0.6 is 0 Å². The number of hydrazine groups is 1. The van der Waals surface area contributed by atoms with Gasteiger partial charge in [-0.3, -0.25) is 5.84 Å². The minimum atomic E-state index is 0.0676. The quantitative estimate of drug-likeness (QED) is 0.538. The van der Waals surface area contributed by atoms with Gasteiger partial charge in [0.1, 0.15) is 5.82 Å². The Labute approximate surface area is 104 Å². The number of aromatic nitrogens is 2. The van der Waals surface area contributed by atoms with E-state index in [0.29, 0.717) is 5.92 Å². The van der Waals surface area contributed by atoms with Crippen molar-refractivity contribution in [3.63, 3.8) is 0 Å². The number of rotatable bonds is 8. The Morgan fingerprint density at radius 2 is 2.00 bits per heavy atom. The summed E-state index contributed by atoms with van der Waals surface area (Å²) in [6.07, 6.45) is 9.52. The van der Waals surface area contributed by atoms with Gasteiger partial charge in [-0.1, -0.05) is 39.5 Å². The van der Waals surface area contributed by atoms with E-state index in [-0.39, 0.29) is 6.04 Å². The Morgan fingerprint density at radius 1 is 1.29 bits per heavy atom. The van der Waals surface area contributed by atoms with Crippen molar-refractivity contribution in [2.45, 2.75) is 52.0 Å². The maximum absolute atomic E-state index is 5.61. The number of nitrogens with two attached hydrogens (primary N) is 1. The molecule has 0 aliphatic rings. The van der Waals surface area contributed by atoms with E-state index >= 15 is 0 Å². The highest BCUT2D eigenvalue weighted by atomic mass is 15.2. The Morgan fingerprint density at radius 3 is 2.53 bits per heavy atom. The molecular formula is C13H24N4. The third-order valence-electron chi connectivity index (χ3n) is 3.21. The summed E-state index contributed by atoms with van der Waals surface area (Å²) < 4.78 is 0. The second-order valence-corrected chi connectivity index (χ2v) is 4.48. The zero-order valence-corrected chi connectivity index (χ0v) is 10.9. The van der Waals surface area contributed by atoms with E-state index in [1.165, 1.54) is 25.7 Å². The second kappa shape index (κ2) is 8.14. The van der Waals surface area contributed by atoms with Crippen molar-refractivity contribution in [1.82, 2.24) is 15.4 Å². The van der Waals surface area contributed by atoms with Crippen LogP contribution in [0.5, 0.6) is 0 Å². The maximum Gasteiger partial charge on any atom is 0.146 e. The lowest BCUT2D eigenvalue weighted by molar-refractivity contribution is 0.348. The molecule has 1 heterocycles. The van der Waals surface area contributed by atoms with Crippen molar-refractivity contribution < 1.29 is 0 Å². The molecule has 0 radical (unpaired) electrons. The first kappa shape index (κ1) is 14.1. The van der Waals surface area contributed by atoms with E-state index in [9.17, 15) is 0 Å². The highest BCUT2D eigenvalue weighted by Crippen LogP contribution is 2.24. The lowest BCUT2D eigenvalue weighted by Gasteiger charge is -2.20. The molecule has 17 heavy (non-hydrogen) atoms. The Hall–Kier alpha value is -1.00. The number of nitrogens with one attached hydrogen (secondary N) is 1. The second-order valence-electron chi connectivity index (χ2n) is 4.48. The lowest BCUT2D eigenvalue weighted by Crippen LogP contribution is -2.31. The fourth-order valence-corrected chi connectivity index (χ4v) is 2.05. The summed E-state index contributed by atoms with van der Waals surface area (Å²) >= 11 is 0. The first-order valence-electron chi connectivity index (χ1n) is 6.54. The fourth-order valence-electron chi connectivity index (χ4n) is 2.05. The molecular weight excluding hydrogens is 212 g/mol. The van der Waals surface area contributed by atoms with Crippen LogP contribution in [0.2, 0.25) is 0 Å². The van der Waals surface area contributed by atoms with Crippen LogP contribution in [0.15, 0.2) is 18.5 Å². The standard InChI is InChI=1S/C13H24N4/c1-3-5-7-11(4-2)10-12(17-14)13-15-8-6-9-16-13/h6,8-9,11-12,17H,3-5,7,10,14H2,1-2H3. The lowest BCUT2D eigenvalue weighted by atomic mass is 9.92. The molecule has 0 spiro atoms.